The Morgan fingerprint density at radius 3 is 2.62 bits per heavy atom. The van der Waals surface area contributed by atoms with Crippen molar-refractivity contribution in [2.75, 3.05) is 14.2 Å². The minimum Gasteiger partial charge on any atom is -0.493 e. The van der Waals surface area contributed by atoms with E-state index in [1.807, 2.05) is 32.0 Å². The summed E-state index contributed by atoms with van der Waals surface area (Å²) in [6.45, 7) is 3.95. The molecular weight excluding hydrogens is 308 g/mol. The fraction of sp³-hybridized carbons (Fsp3) is 0.471. The molecule has 1 aromatic carbocycles. The van der Waals surface area contributed by atoms with E-state index in [0.717, 1.165) is 5.56 Å². The molecule has 7 nitrogen and oxygen atoms in total. The first-order valence-corrected chi connectivity index (χ1v) is 7.89. The molecule has 0 fully saturated rings. The largest absolute Gasteiger partial charge is 0.493 e. The average Bonchev–Trinajstić information content (AvgIpc) is 3.13. The topological polar surface area (TPSA) is 78.3 Å². The lowest BCUT2D eigenvalue weighted by Gasteiger charge is -2.21. The highest BCUT2D eigenvalue weighted by Crippen LogP contribution is 2.27. The van der Waals surface area contributed by atoms with Crippen molar-refractivity contribution in [2.45, 2.75) is 38.8 Å². The van der Waals surface area contributed by atoms with Crippen molar-refractivity contribution in [3.63, 3.8) is 0 Å². The van der Waals surface area contributed by atoms with Gasteiger partial charge in [0.25, 0.3) is 0 Å². The predicted octanol–water partition coefficient (Wildman–Crippen LogP) is 1.99. The van der Waals surface area contributed by atoms with Crippen LogP contribution in [-0.4, -0.2) is 40.9 Å². The van der Waals surface area contributed by atoms with Gasteiger partial charge in [0.05, 0.1) is 20.3 Å². The standard InChI is InChI=1S/C17H24N4O3/c1-12(13(2)21-11-18-10-19-21)20-17(22)8-6-14-5-7-15(23-3)16(9-14)24-4/h5,7,9-13H,6,8H2,1-4H3,(H,20,22)/t12-,13-/m0/s1. The first-order valence-electron chi connectivity index (χ1n) is 7.89. The van der Waals surface area contributed by atoms with E-state index >= 15 is 0 Å². The second-order valence-corrected chi connectivity index (χ2v) is 5.66. The molecule has 1 amide bonds. The van der Waals surface area contributed by atoms with Crippen LogP contribution in [0.1, 0.15) is 31.9 Å². The number of carbonyl (C=O) groups is 1. The number of benzene rings is 1. The number of hydrogen-bond acceptors (Lipinski definition) is 5. The summed E-state index contributed by atoms with van der Waals surface area (Å²) in [5, 5.41) is 7.11. The molecule has 1 aromatic heterocycles. The Bertz CT molecular complexity index is 658. The third-order valence-corrected chi connectivity index (χ3v) is 4.05. The number of hydrogen-bond donors (Lipinski definition) is 1. The van der Waals surface area contributed by atoms with Crippen molar-refractivity contribution in [3.8, 4) is 11.5 Å². The molecule has 1 N–H and O–H groups in total. The Labute approximate surface area is 142 Å². The lowest BCUT2D eigenvalue weighted by atomic mass is 10.1. The fourth-order valence-electron chi connectivity index (χ4n) is 2.40. The van der Waals surface area contributed by atoms with Gasteiger partial charge in [0.15, 0.2) is 11.5 Å². The van der Waals surface area contributed by atoms with E-state index in [0.29, 0.717) is 24.3 Å². The van der Waals surface area contributed by atoms with Gasteiger partial charge in [0.1, 0.15) is 12.7 Å². The Balaban J connectivity index is 1.86. The number of rotatable bonds is 8. The molecule has 0 spiro atoms. The highest BCUT2D eigenvalue weighted by Gasteiger charge is 2.17. The first kappa shape index (κ1) is 17.8. The number of nitrogens with zero attached hydrogens (tertiary/aromatic N) is 3. The maximum absolute atomic E-state index is 12.2. The molecule has 24 heavy (non-hydrogen) atoms. The summed E-state index contributed by atoms with van der Waals surface area (Å²) in [4.78, 5) is 16.1. The van der Waals surface area contributed by atoms with Gasteiger partial charge in [0.2, 0.25) is 5.91 Å². The zero-order valence-corrected chi connectivity index (χ0v) is 14.5. The predicted molar refractivity (Wildman–Crippen MR) is 90.2 cm³/mol. The maximum atomic E-state index is 12.2. The third-order valence-electron chi connectivity index (χ3n) is 4.05. The van der Waals surface area contributed by atoms with Gasteiger partial charge >= 0.3 is 0 Å². The molecule has 1 heterocycles. The van der Waals surface area contributed by atoms with Crippen LogP contribution in [0.15, 0.2) is 30.9 Å². The second kappa shape index (κ2) is 8.33. The Hall–Kier alpha value is -2.57. The van der Waals surface area contributed by atoms with E-state index < -0.39 is 0 Å². The van der Waals surface area contributed by atoms with Crippen molar-refractivity contribution >= 4 is 5.91 Å². The van der Waals surface area contributed by atoms with Gasteiger partial charge in [-0.05, 0) is 38.0 Å². The van der Waals surface area contributed by atoms with Crippen LogP contribution in [0, 0.1) is 0 Å². The number of methoxy groups -OCH3 is 2. The molecule has 2 rings (SSSR count). The van der Waals surface area contributed by atoms with Gasteiger partial charge in [-0.3, -0.25) is 4.79 Å². The van der Waals surface area contributed by atoms with Crippen molar-refractivity contribution in [2.24, 2.45) is 0 Å². The number of nitrogens with one attached hydrogen (secondary N) is 1. The summed E-state index contributed by atoms with van der Waals surface area (Å²) in [5.74, 6) is 1.36. The molecule has 0 saturated carbocycles. The minimum atomic E-state index is -0.0374. The quantitative estimate of drug-likeness (QED) is 0.800. The molecule has 0 bridgehead atoms. The molecule has 0 unspecified atom stereocenters. The molecule has 130 valence electrons. The number of aryl methyl sites for hydroxylation is 1. The number of ether oxygens (including phenoxy) is 2. The van der Waals surface area contributed by atoms with Crippen molar-refractivity contribution in [1.29, 1.82) is 0 Å². The Kier molecular flexibility index (Phi) is 6.17. The molecule has 0 aliphatic carbocycles. The molecule has 2 aromatic rings. The minimum absolute atomic E-state index is 0.00394. The van der Waals surface area contributed by atoms with Crippen LogP contribution in [0.25, 0.3) is 0 Å². The van der Waals surface area contributed by atoms with E-state index in [-0.39, 0.29) is 18.0 Å². The molecular formula is C17H24N4O3. The zero-order valence-electron chi connectivity index (χ0n) is 14.5. The van der Waals surface area contributed by atoms with Crippen LogP contribution in [0.4, 0.5) is 0 Å². The van der Waals surface area contributed by atoms with Crippen molar-refractivity contribution in [3.05, 3.63) is 36.4 Å². The van der Waals surface area contributed by atoms with E-state index in [1.54, 1.807) is 25.2 Å². The van der Waals surface area contributed by atoms with Crippen LogP contribution < -0.4 is 14.8 Å². The van der Waals surface area contributed by atoms with Gasteiger partial charge in [-0.2, -0.15) is 5.10 Å². The maximum Gasteiger partial charge on any atom is 0.220 e. The summed E-state index contributed by atoms with van der Waals surface area (Å²) in [5.41, 5.74) is 1.03. The fourth-order valence-corrected chi connectivity index (χ4v) is 2.40. The van der Waals surface area contributed by atoms with Crippen LogP contribution >= 0.6 is 0 Å². The summed E-state index contributed by atoms with van der Waals surface area (Å²) < 4.78 is 12.2. The zero-order chi connectivity index (χ0) is 17.5. The second-order valence-electron chi connectivity index (χ2n) is 5.66. The highest BCUT2D eigenvalue weighted by atomic mass is 16.5. The smallest absolute Gasteiger partial charge is 0.220 e. The molecule has 2 atom stereocenters. The normalized spacial score (nSPS) is 13.2. The van der Waals surface area contributed by atoms with E-state index in [4.69, 9.17) is 9.47 Å². The number of aromatic nitrogens is 3. The SMILES string of the molecule is COc1ccc(CCC(=O)N[C@@H](C)[C@H](C)n2cncn2)cc1OC. The van der Waals surface area contributed by atoms with Crippen LogP contribution in [0.5, 0.6) is 11.5 Å². The molecule has 0 radical (unpaired) electrons. The van der Waals surface area contributed by atoms with E-state index in [2.05, 4.69) is 15.4 Å². The lowest BCUT2D eigenvalue weighted by molar-refractivity contribution is -0.121. The molecule has 7 heteroatoms. The monoisotopic (exact) mass is 332 g/mol. The summed E-state index contributed by atoms with van der Waals surface area (Å²) in [6, 6.07) is 5.69. The van der Waals surface area contributed by atoms with E-state index in [9.17, 15) is 4.79 Å². The summed E-state index contributed by atoms with van der Waals surface area (Å²) >= 11 is 0. The lowest BCUT2D eigenvalue weighted by Crippen LogP contribution is -2.38. The third kappa shape index (κ3) is 4.47. The van der Waals surface area contributed by atoms with Gasteiger partial charge < -0.3 is 14.8 Å². The average molecular weight is 332 g/mol. The van der Waals surface area contributed by atoms with Gasteiger partial charge in [-0.25, -0.2) is 9.67 Å². The van der Waals surface area contributed by atoms with E-state index in [1.165, 1.54) is 6.33 Å². The van der Waals surface area contributed by atoms with Crippen molar-refractivity contribution < 1.29 is 14.3 Å². The summed E-state index contributed by atoms with van der Waals surface area (Å²) in [7, 11) is 3.20. The molecule has 0 saturated heterocycles. The first-order chi connectivity index (χ1) is 11.5. The van der Waals surface area contributed by atoms with Crippen LogP contribution in [0.3, 0.4) is 0 Å². The molecule has 0 aliphatic heterocycles. The number of amides is 1. The Morgan fingerprint density at radius 1 is 1.25 bits per heavy atom. The highest BCUT2D eigenvalue weighted by molar-refractivity contribution is 5.76. The van der Waals surface area contributed by atoms with Gasteiger partial charge in [-0.15, -0.1) is 0 Å². The number of carbonyl (C=O) groups excluding carboxylic acids is 1. The van der Waals surface area contributed by atoms with Crippen LogP contribution in [0.2, 0.25) is 0 Å². The van der Waals surface area contributed by atoms with Gasteiger partial charge in [-0.1, -0.05) is 6.07 Å². The van der Waals surface area contributed by atoms with Crippen LogP contribution in [-0.2, 0) is 11.2 Å². The van der Waals surface area contributed by atoms with Crippen molar-refractivity contribution in [1.82, 2.24) is 20.1 Å². The summed E-state index contributed by atoms with van der Waals surface area (Å²) in [6.07, 6.45) is 4.18. The Morgan fingerprint density at radius 2 is 2.00 bits per heavy atom. The van der Waals surface area contributed by atoms with Gasteiger partial charge in [0, 0.05) is 12.5 Å². The molecule has 0 aliphatic rings.